The molecule has 2 unspecified atom stereocenters. The van der Waals surface area contributed by atoms with E-state index in [1.165, 1.54) is 31.4 Å². The monoisotopic (exact) mass is 247 g/mol. The van der Waals surface area contributed by atoms with E-state index in [1.54, 1.807) is 0 Å². The molecule has 0 aromatic carbocycles. The van der Waals surface area contributed by atoms with E-state index in [9.17, 15) is 0 Å². The molecule has 2 heterocycles. The average molecular weight is 247 g/mol. The number of rotatable bonds is 4. The Morgan fingerprint density at radius 1 is 1.44 bits per heavy atom. The first kappa shape index (κ1) is 13.5. The molecule has 1 fully saturated rings. The van der Waals surface area contributed by atoms with Crippen molar-refractivity contribution in [3.8, 4) is 0 Å². The number of aromatic nitrogens is 1. The molecule has 3 nitrogen and oxygen atoms in total. The molecule has 2 N–H and O–H groups in total. The molecule has 2 atom stereocenters. The summed E-state index contributed by atoms with van der Waals surface area (Å²) < 4.78 is 0. The lowest BCUT2D eigenvalue weighted by atomic mass is 9.88. The van der Waals surface area contributed by atoms with Crippen LogP contribution in [0, 0.1) is 12.8 Å². The van der Waals surface area contributed by atoms with Crippen LogP contribution >= 0.6 is 0 Å². The molecular formula is C15H25N3. The molecule has 0 aliphatic carbocycles. The van der Waals surface area contributed by atoms with Gasteiger partial charge in [0.15, 0.2) is 0 Å². The normalized spacial score (nSPS) is 25.3. The number of nitrogens with two attached hydrogens (primary N) is 1. The van der Waals surface area contributed by atoms with Crippen LogP contribution in [0.1, 0.15) is 37.4 Å². The van der Waals surface area contributed by atoms with Gasteiger partial charge in [-0.2, -0.15) is 0 Å². The van der Waals surface area contributed by atoms with Gasteiger partial charge < -0.3 is 5.73 Å². The van der Waals surface area contributed by atoms with Gasteiger partial charge in [0, 0.05) is 31.0 Å². The Morgan fingerprint density at radius 3 is 2.89 bits per heavy atom. The van der Waals surface area contributed by atoms with Crippen molar-refractivity contribution < 1.29 is 0 Å². The first-order chi connectivity index (χ1) is 8.72. The first-order valence-electron chi connectivity index (χ1n) is 7.08. The maximum atomic E-state index is 5.93. The second-order valence-electron chi connectivity index (χ2n) is 5.47. The van der Waals surface area contributed by atoms with E-state index in [-0.39, 0.29) is 0 Å². The lowest BCUT2D eigenvalue weighted by Gasteiger charge is -2.38. The fourth-order valence-electron chi connectivity index (χ4n) is 2.83. The minimum absolute atomic E-state index is 0.546. The Morgan fingerprint density at radius 2 is 2.28 bits per heavy atom. The van der Waals surface area contributed by atoms with Crippen molar-refractivity contribution in [2.75, 3.05) is 13.1 Å². The van der Waals surface area contributed by atoms with E-state index < -0.39 is 0 Å². The van der Waals surface area contributed by atoms with E-state index in [0.29, 0.717) is 6.04 Å². The molecule has 1 aliphatic rings. The van der Waals surface area contributed by atoms with Crippen molar-refractivity contribution >= 4 is 0 Å². The second kappa shape index (κ2) is 6.30. The highest BCUT2D eigenvalue weighted by Gasteiger charge is 2.26. The number of aryl methyl sites for hydroxylation is 1. The highest BCUT2D eigenvalue weighted by molar-refractivity contribution is 5.13. The van der Waals surface area contributed by atoms with Crippen LogP contribution in [-0.2, 0) is 6.54 Å². The minimum atomic E-state index is 0.546. The summed E-state index contributed by atoms with van der Waals surface area (Å²) in [5.74, 6) is 0.867. The highest BCUT2D eigenvalue weighted by Crippen LogP contribution is 2.26. The van der Waals surface area contributed by atoms with Crippen LogP contribution in [-0.4, -0.2) is 29.0 Å². The number of hydrogen-bond acceptors (Lipinski definition) is 3. The maximum Gasteiger partial charge on any atom is 0.0372 e. The Bertz CT molecular complexity index is 361. The summed E-state index contributed by atoms with van der Waals surface area (Å²) in [4.78, 5) is 6.89. The van der Waals surface area contributed by atoms with Gasteiger partial charge in [0.05, 0.1) is 0 Å². The Labute approximate surface area is 110 Å². The van der Waals surface area contributed by atoms with Gasteiger partial charge in [-0.1, -0.05) is 19.4 Å². The molecule has 0 bridgehead atoms. The fourth-order valence-corrected chi connectivity index (χ4v) is 2.83. The first-order valence-corrected chi connectivity index (χ1v) is 7.08. The van der Waals surface area contributed by atoms with Crippen molar-refractivity contribution in [2.45, 2.75) is 45.7 Å². The van der Waals surface area contributed by atoms with Crippen molar-refractivity contribution in [1.29, 1.82) is 0 Å². The van der Waals surface area contributed by atoms with E-state index in [4.69, 9.17) is 5.73 Å². The molecule has 0 amide bonds. The molecular weight excluding hydrogens is 222 g/mol. The van der Waals surface area contributed by atoms with Gasteiger partial charge in [-0.15, -0.1) is 0 Å². The van der Waals surface area contributed by atoms with Crippen LogP contribution < -0.4 is 5.73 Å². The molecule has 3 heteroatoms. The molecule has 1 aromatic heterocycles. The van der Waals surface area contributed by atoms with Gasteiger partial charge >= 0.3 is 0 Å². The van der Waals surface area contributed by atoms with E-state index in [2.05, 4.69) is 28.9 Å². The predicted octanol–water partition coefficient (Wildman–Crippen LogP) is 2.34. The lowest BCUT2D eigenvalue weighted by molar-refractivity contribution is 0.107. The lowest BCUT2D eigenvalue weighted by Crippen LogP contribution is -2.46. The summed E-state index contributed by atoms with van der Waals surface area (Å²) in [5.41, 5.74) is 8.31. The molecule has 1 saturated heterocycles. The summed E-state index contributed by atoms with van der Waals surface area (Å²) >= 11 is 0. The smallest absolute Gasteiger partial charge is 0.0372 e. The van der Waals surface area contributed by atoms with E-state index in [1.807, 2.05) is 13.1 Å². The zero-order valence-corrected chi connectivity index (χ0v) is 11.6. The van der Waals surface area contributed by atoms with E-state index in [0.717, 1.165) is 24.7 Å². The summed E-state index contributed by atoms with van der Waals surface area (Å²) in [5, 5.41) is 0. The van der Waals surface area contributed by atoms with Gasteiger partial charge in [0.25, 0.3) is 0 Å². The summed E-state index contributed by atoms with van der Waals surface area (Å²) in [6, 6.07) is 4.82. The Hall–Kier alpha value is -0.930. The zero-order valence-electron chi connectivity index (χ0n) is 11.6. The van der Waals surface area contributed by atoms with Crippen LogP contribution in [0.2, 0.25) is 0 Å². The standard InChI is InChI=1S/C15H25N3/c1-3-13-6-7-18(15(8-13)9-16)11-14-5-4-12(2)17-10-14/h4-5,10,13,15H,3,6-9,11,16H2,1-2H3. The third-order valence-corrected chi connectivity index (χ3v) is 4.15. The molecule has 1 aromatic rings. The predicted molar refractivity (Wildman–Crippen MR) is 75.2 cm³/mol. The topological polar surface area (TPSA) is 42.2 Å². The third kappa shape index (κ3) is 3.30. The Kier molecular flexibility index (Phi) is 4.72. The molecule has 2 rings (SSSR count). The maximum absolute atomic E-state index is 5.93. The van der Waals surface area contributed by atoms with Gasteiger partial charge in [0.2, 0.25) is 0 Å². The number of hydrogen-bond donors (Lipinski definition) is 1. The van der Waals surface area contributed by atoms with Gasteiger partial charge in [-0.25, -0.2) is 0 Å². The molecule has 18 heavy (non-hydrogen) atoms. The number of piperidine rings is 1. The zero-order chi connectivity index (χ0) is 13.0. The average Bonchev–Trinajstić information content (AvgIpc) is 2.41. The van der Waals surface area contributed by atoms with Gasteiger partial charge in [-0.05, 0) is 43.9 Å². The van der Waals surface area contributed by atoms with Crippen molar-refractivity contribution in [3.63, 3.8) is 0 Å². The molecule has 0 saturated carbocycles. The van der Waals surface area contributed by atoms with Gasteiger partial charge in [-0.3, -0.25) is 9.88 Å². The van der Waals surface area contributed by atoms with Crippen molar-refractivity contribution in [2.24, 2.45) is 11.7 Å². The number of pyridine rings is 1. The van der Waals surface area contributed by atoms with E-state index >= 15 is 0 Å². The van der Waals surface area contributed by atoms with Crippen LogP contribution in [0.25, 0.3) is 0 Å². The minimum Gasteiger partial charge on any atom is -0.329 e. The Balaban J connectivity index is 1.97. The fraction of sp³-hybridized carbons (Fsp3) is 0.667. The number of likely N-dealkylation sites (tertiary alicyclic amines) is 1. The number of nitrogens with zero attached hydrogens (tertiary/aromatic N) is 2. The summed E-state index contributed by atoms with van der Waals surface area (Å²) in [7, 11) is 0. The van der Waals surface area contributed by atoms with Crippen LogP contribution in [0.5, 0.6) is 0 Å². The van der Waals surface area contributed by atoms with Crippen LogP contribution in [0.4, 0.5) is 0 Å². The quantitative estimate of drug-likeness (QED) is 0.888. The van der Waals surface area contributed by atoms with Crippen LogP contribution in [0.15, 0.2) is 18.3 Å². The van der Waals surface area contributed by atoms with Crippen molar-refractivity contribution in [3.05, 3.63) is 29.6 Å². The van der Waals surface area contributed by atoms with Crippen LogP contribution in [0.3, 0.4) is 0 Å². The molecule has 0 radical (unpaired) electrons. The second-order valence-corrected chi connectivity index (χ2v) is 5.47. The third-order valence-electron chi connectivity index (χ3n) is 4.15. The largest absolute Gasteiger partial charge is 0.329 e. The highest BCUT2D eigenvalue weighted by atomic mass is 15.2. The van der Waals surface area contributed by atoms with Gasteiger partial charge in [0.1, 0.15) is 0 Å². The SMILES string of the molecule is CCC1CCN(Cc2ccc(C)nc2)C(CN)C1. The summed E-state index contributed by atoms with van der Waals surface area (Å²) in [6.45, 7) is 7.26. The summed E-state index contributed by atoms with van der Waals surface area (Å²) in [6.07, 6.45) is 5.85. The molecule has 100 valence electrons. The van der Waals surface area contributed by atoms with Crippen molar-refractivity contribution in [1.82, 2.24) is 9.88 Å². The molecule has 1 aliphatic heterocycles. The molecule has 0 spiro atoms.